The highest BCUT2D eigenvalue weighted by Crippen LogP contribution is 2.23. The molecule has 0 saturated carbocycles. The van der Waals surface area contributed by atoms with Gasteiger partial charge in [-0.15, -0.1) is 0 Å². The van der Waals surface area contributed by atoms with E-state index in [0.29, 0.717) is 31.4 Å². The summed E-state index contributed by atoms with van der Waals surface area (Å²) in [5, 5.41) is 0. The van der Waals surface area contributed by atoms with Crippen molar-refractivity contribution in [2.24, 2.45) is 0 Å². The van der Waals surface area contributed by atoms with Gasteiger partial charge in [0.2, 0.25) is 0 Å². The number of halogens is 3. The predicted molar refractivity (Wildman–Crippen MR) is 87.2 cm³/mol. The van der Waals surface area contributed by atoms with Gasteiger partial charge >= 0.3 is 0 Å². The quantitative estimate of drug-likeness (QED) is 0.675. The van der Waals surface area contributed by atoms with Crippen LogP contribution in [0.3, 0.4) is 0 Å². The average molecular weight is 357 g/mol. The van der Waals surface area contributed by atoms with Crippen molar-refractivity contribution >= 4 is 0 Å². The van der Waals surface area contributed by atoms with Crippen molar-refractivity contribution in [2.75, 3.05) is 6.54 Å². The molecule has 0 fully saturated rings. The van der Waals surface area contributed by atoms with E-state index in [9.17, 15) is 13.2 Å². The third kappa shape index (κ3) is 3.28. The van der Waals surface area contributed by atoms with Crippen LogP contribution in [0.2, 0.25) is 0 Å². The number of benzene rings is 1. The third-order valence-corrected chi connectivity index (χ3v) is 4.32. The molecule has 1 aliphatic heterocycles. The van der Waals surface area contributed by atoms with Gasteiger partial charge in [0.05, 0.1) is 11.3 Å². The van der Waals surface area contributed by atoms with Crippen molar-refractivity contribution in [1.29, 1.82) is 0 Å². The maximum absolute atomic E-state index is 13.9. The molecule has 1 aromatic carbocycles. The first kappa shape index (κ1) is 16.6. The molecule has 0 bridgehead atoms. The van der Waals surface area contributed by atoms with Crippen LogP contribution in [0.1, 0.15) is 16.8 Å². The lowest BCUT2D eigenvalue weighted by Crippen LogP contribution is -2.31. The molecule has 0 radical (unpaired) electrons. The Labute approximate surface area is 147 Å². The largest absolute Gasteiger partial charge is 0.294 e. The summed E-state index contributed by atoms with van der Waals surface area (Å²) < 4.78 is 40.3. The Bertz CT molecular complexity index is 949. The molecule has 0 N–H and O–H groups in total. The minimum atomic E-state index is -1.18. The molecule has 3 heterocycles. The molecule has 26 heavy (non-hydrogen) atoms. The maximum Gasteiger partial charge on any atom is 0.162 e. The van der Waals surface area contributed by atoms with Crippen LogP contribution in [0.15, 0.2) is 37.1 Å². The highest BCUT2D eigenvalue weighted by Gasteiger charge is 2.21. The zero-order valence-electron chi connectivity index (χ0n) is 13.7. The fraction of sp³-hybridized carbons (Fsp3) is 0.222. The Kier molecular flexibility index (Phi) is 4.34. The van der Waals surface area contributed by atoms with E-state index in [1.807, 2.05) is 4.90 Å². The molecule has 0 aliphatic carbocycles. The van der Waals surface area contributed by atoms with Crippen LogP contribution in [-0.4, -0.2) is 31.4 Å². The molecule has 0 atom stereocenters. The van der Waals surface area contributed by atoms with Gasteiger partial charge in [-0.05, 0) is 6.07 Å². The molecule has 0 spiro atoms. The van der Waals surface area contributed by atoms with Crippen LogP contribution in [0.4, 0.5) is 13.2 Å². The molecule has 0 saturated heterocycles. The summed E-state index contributed by atoms with van der Waals surface area (Å²) in [7, 11) is 0. The zero-order chi connectivity index (χ0) is 18.1. The van der Waals surface area contributed by atoms with E-state index in [1.54, 1.807) is 18.6 Å². The van der Waals surface area contributed by atoms with Crippen LogP contribution in [0, 0.1) is 17.5 Å². The lowest BCUT2D eigenvalue weighted by atomic mass is 10.1. The number of aromatic nitrogens is 4. The van der Waals surface area contributed by atoms with E-state index in [0.717, 1.165) is 22.9 Å². The van der Waals surface area contributed by atoms with Crippen molar-refractivity contribution in [2.45, 2.75) is 19.5 Å². The summed E-state index contributed by atoms with van der Waals surface area (Å²) in [6.07, 6.45) is 7.13. The molecule has 0 unspecified atom stereocenters. The molecule has 0 amide bonds. The monoisotopic (exact) mass is 357 g/mol. The SMILES string of the molecule is Fc1cc(F)c(CN2CCc3nc(-c4cncnc4)ncc3C2)cc1F. The number of rotatable bonds is 3. The van der Waals surface area contributed by atoms with Gasteiger partial charge in [-0.1, -0.05) is 0 Å². The molecule has 132 valence electrons. The van der Waals surface area contributed by atoms with Crippen molar-refractivity contribution in [1.82, 2.24) is 24.8 Å². The highest BCUT2D eigenvalue weighted by atomic mass is 19.2. The van der Waals surface area contributed by atoms with Crippen molar-refractivity contribution < 1.29 is 13.2 Å². The summed E-state index contributed by atoms with van der Waals surface area (Å²) in [5.74, 6) is -2.41. The summed E-state index contributed by atoms with van der Waals surface area (Å²) in [6.45, 7) is 1.34. The number of fused-ring (bicyclic) bond motifs is 1. The second-order valence-corrected chi connectivity index (χ2v) is 6.11. The zero-order valence-corrected chi connectivity index (χ0v) is 13.7. The molecule has 2 aromatic heterocycles. The maximum atomic E-state index is 13.9. The van der Waals surface area contributed by atoms with Crippen LogP contribution >= 0.6 is 0 Å². The molecule has 1 aliphatic rings. The van der Waals surface area contributed by atoms with E-state index in [-0.39, 0.29) is 12.1 Å². The molecule has 3 aromatic rings. The second-order valence-electron chi connectivity index (χ2n) is 6.11. The van der Waals surface area contributed by atoms with Gasteiger partial charge in [-0.2, -0.15) is 0 Å². The van der Waals surface area contributed by atoms with Gasteiger partial charge in [-0.3, -0.25) is 4.90 Å². The van der Waals surface area contributed by atoms with E-state index in [2.05, 4.69) is 19.9 Å². The van der Waals surface area contributed by atoms with E-state index >= 15 is 0 Å². The molecule has 4 rings (SSSR count). The smallest absolute Gasteiger partial charge is 0.162 e. The topological polar surface area (TPSA) is 54.8 Å². The first-order valence-corrected chi connectivity index (χ1v) is 8.06. The first-order valence-electron chi connectivity index (χ1n) is 8.06. The first-order chi connectivity index (χ1) is 12.6. The van der Waals surface area contributed by atoms with Crippen LogP contribution in [0.5, 0.6) is 0 Å². The van der Waals surface area contributed by atoms with Crippen LogP contribution < -0.4 is 0 Å². The number of hydrogen-bond donors (Lipinski definition) is 0. The van der Waals surface area contributed by atoms with Crippen LogP contribution in [0.25, 0.3) is 11.4 Å². The van der Waals surface area contributed by atoms with Gasteiger partial charge in [0.15, 0.2) is 17.5 Å². The van der Waals surface area contributed by atoms with E-state index < -0.39 is 17.5 Å². The lowest BCUT2D eigenvalue weighted by molar-refractivity contribution is 0.239. The van der Waals surface area contributed by atoms with Gasteiger partial charge in [0.1, 0.15) is 12.1 Å². The molecule has 8 heteroatoms. The normalized spacial score (nSPS) is 14.3. The van der Waals surface area contributed by atoms with E-state index in [4.69, 9.17) is 0 Å². The second kappa shape index (κ2) is 6.80. The van der Waals surface area contributed by atoms with Crippen molar-refractivity contribution in [3.63, 3.8) is 0 Å². The number of hydrogen-bond acceptors (Lipinski definition) is 5. The lowest BCUT2D eigenvalue weighted by Gasteiger charge is -2.28. The van der Waals surface area contributed by atoms with Crippen LogP contribution in [-0.2, 0) is 19.5 Å². The summed E-state index contributed by atoms with van der Waals surface area (Å²) >= 11 is 0. The minimum Gasteiger partial charge on any atom is -0.294 e. The number of nitrogens with zero attached hydrogens (tertiary/aromatic N) is 5. The van der Waals surface area contributed by atoms with Gasteiger partial charge < -0.3 is 0 Å². The standard InChI is InChI=1S/C18H14F3N5/c19-14-4-16(21)15(20)3-11(14)8-26-2-1-17-13(9-26)7-24-18(25-17)12-5-22-10-23-6-12/h3-7,10H,1-2,8-9H2. The van der Waals surface area contributed by atoms with Gasteiger partial charge in [0.25, 0.3) is 0 Å². The highest BCUT2D eigenvalue weighted by molar-refractivity contribution is 5.52. The Morgan fingerprint density at radius 3 is 2.54 bits per heavy atom. The van der Waals surface area contributed by atoms with Crippen molar-refractivity contribution in [3.05, 3.63) is 71.3 Å². The fourth-order valence-electron chi connectivity index (χ4n) is 2.99. The van der Waals surface area contributed by atoms with Crippen molar-refractivity contribution in [3.8, 4) is 11.4 Å². The fourth-order valence-corrected chi connectivity index (χ4v) is 2.99. The molecular weight excluding hydrogens is 343 g/mol. The summed E-state index contributed by atoms with van der Waals surface area (Å²) in [4.78, 5) is 18.8. The Morgan fingerprint density at radius 2 is 1.73 bits per heavy atom. The summed E-state index contributed by atoms with van der Waals surface area (Å²) in [5.41, 5.74) is 2.72. The molecule has 5 nitrogen and oxygen atoms in total. The summed E-state index contributed by atoms with van der Waals surface area (Å²) in [6, 6.07) is 1.50. The van der Waals surface area contributed by atoms with Gasteiger partial charge in [0, 0.05) is 61.8 Å². The Balaban J connectivity index is 1.53. The third-order valence-electron chi connectivity index (χ3n) is 4.32. The Morgan fingerprint density at radius 1 is 0.962 bits per heavy atom. The minimum absolute atomic E-state index is 0.131. The molecular formula is C18H14F3N5. The van der Waals surface area contributed by atoms with E-state index in [1.165, 1.54) is 6.33 Å². The Hall–Kier alpha value is -2.87. The predicted octanol–water partition coefficient (Wildman–Crippen LogP) is 2.91. The average Bonchev–Trinajstić information content (AvgIpc) is 2.66. The van der Waals surface area contributed by atoms with Gasteiger partial charge in [-0.25, -0.2) is 33.1 Å².